The molecule has 3 aliphatic rings. The highest BCUT2D eigenvalue weighted by atomic mass is 16.5. The first kappa shape index (κ1) is 26.2. The van der Waals surface area contributed by atoms with Gasteiger partial charge >= 0.3 is 0 Å². The van der Waals surface area contributed by atoms with E-state index in [9.17, 15) is 14.4 Å². The zero-order valence-corrected chi connectivity index (χ0v) is 22.3. The molecule has 2 saturated heterocycles. The van der Waals surface area contributed by atoms with Crippen molar-refractivity contribution in [2.75, 3.05) is 33.4 Å². The third-order valence-corrected chi connectivity index (χ3v) is 7.82. The van der Waals surface area contributed by atoms with Gasteiger partial charge in [0.2, 0.25) is 23.6 Å². The molecule has 3 atom stereocenters. The number of carbonyl (C=O) groups excluding carboxylic acids is 3. The molecule has 3 amide bonds. The highest BCUT2D eigenvalue weighted by Crippen LogP contribution is 2.36. The van der Waals surface area contributed by atoms with Gasteiger partial charge in [0.1, 0.15) is 18.1 Å². The van der Waals surface area contributed by atoms with E-state index in [1.807, 2.05) is 26.0 Å². The lowest BCUT2D eigenvalue weighted by Crippen LogP contribution is -2.67. The Bertz CT molecular complexity index is 1150. The van der Waals surface area contributed by atoms with Crippen LogP contribution in [0.2, 0.25) is 0 Å². The van der Waals surface area contributed by atoms with Gasteiger partial charge in [0.15, 0.2) is 0 Å². The van der Waals surface area contributed by atoms with Crippen molar-refractivity contribution in [1.29, 1.82) is 0 Å². The van der Waals surface area contributed by atoms with Crippen molar-refractivity contribution in [3.63, 3.8) is 0 Å². The predicted octanol–water partition coefficient (Wildman–Crippen LogP) is 2.15. The van der Waals surface area contributed by atoms with Crippen LogP contribution >= 0.6 is 0 Å². The number of piperazine rings is 1. The van der Waals surface area contributed by atoms with Crippen molar-refractivity contribution in [2.24, 2.45) is 11.8 Å². The largest absolute Gasteiger partial charge is 0.481 e. The van der Waals surface area contributed by atoms with Gasteiger partial charge in [-0.1, -0.05) is 38.1 Å². The summed E-state index contributed by atoms with van der Waals surface area (Å²) in [6.45, 7) is 5.78. The SMILES string of the molecule is COc1ccc([C@H](C(=O)N2CCOCC2)N2C(=O)[C@@H](C3Cc4ccccc4C3)NC(=O)[C@H]2CC(C)C)cn1. The lowest BCUT2D eigenvalue weighted by atomic mass is 9.88. The molecule has 1 N–H and O–H groups in total. The van der Waals surface area contributed by atoms with Gasteiger partial charge in [-0.2, -0.15) is 0 Å². The molecule has 0 bridgehead atoms. The number of amides is 3. The third-order valence-electron chi connectivity index (χ3n) is 7.82. The molecule has 1 aromatic heterocycles. The van der Waals surface area contributed by atoms with Crippen LogP contribution in [0.3, 0.4) is 0 Å². The number of benzene rings is 1. The number of morpholine rings is 1. The van der Waals surface area contributed by atoms with Crippen LogP contribution in [0.5, 0.6) is 5.88 Å². The number of fused-ring (bicyclic) bond motifs is 1. The molecule has 9 nitrogen and oxygen atoms in total. The van der Waals surface area contributed by atoms with Gasteiger partial charge in [-0.05, 0) is 48.3 Å². The molecule has 0 spiro atoms. The van der Waals surface area contributed by atoms with Crippen LogP contribution in [0.15, 0.2) is 42.6 Å². The lowest BCUT2D eigenvalue weighted by molar-refractivity contribution is -0.161. The summed E-state index contributed by atoms with van der Waals surface area (Å²) < 4.78 is 10.7. The minimum Gasteiger partial charge on any atom is -0.481 e. The number of rotatable bonds is 7. The molecule has 0 unspecified atom stereocenters. The number of hydrogen-bond acceptors (Lipinski definition) is 6. The topological polar surface area (TPSA) is 101 Å². The molecule has 2 fully saturated rings. The lowest BCUT2D eigenvalue weighted by Gasteiger charge is -2.46. The maximum absolute atomic E-state index is 14.4. The number of hydrogen-bond donors (Lipinski definition) is 1. The Morgan fingerprint density at radius 2 is 1.79 bits per heavy atom. The van der Waals surface area contributed by atoms with Crippen molar-refractivity contribution >= 4 is 17.7 Å². The molecule has 3 heterocycles. The van der Waals surface area contributed by atoms with Gasteiger partial charge in [-0.3, -0.25) is 14.4 Å². The molecule has 0 radical (unpaired) electrons. The van der Waals surface area contributed by atoms with Gasteiger partial charge in [0.25, 0.3) is 0 Å². The molecule has 2 aromatic rings. The second kappa shape index (κ2) is 11.1. The van der Waals surface area contributed by atoms with Crippen LogP contribution in [-0.2, 0) is 32.0 Å². The average molecular weight is 521 g/mol. The van der Waals surface area contributed by atoms with Crippen LogP contribution in [0.4, 0.5) is 0 Å². The Balaban J connectivity index is 1.54. The smallest absolute Gasteiger partial charge is 0.250 e. The quantitative estimate of drug-likeness (QED) is 0.601. The van der Waals surface area contributed by atoms with Crippen LogP contribution in [-0.4, -0.2) is 78.0 Å². The number of carbonyl (C=O) groups is 3. The Hall–Kier alpha value is -3.46. The maximum Gasteiger partial charge on any atom is 0.250 e. The fourth-order valence-corrected chi connectivity index (χ4v) is 5.93. The third kappa shape index (κ3) is 5.12. The summed E-state index contributed by atoms with van der Waals surface area (Å²) in [6.07, 6.45) is 3.45. The number of nitrogens with zero attached hydrogens (tertiary/aromatic N) is 3. The fourth-order valence-electron chi connectivity index (χ4n) is 5.93. The average Bonchev–Trinajstić information content (AvgIpc) is 3.37. The van der Waals surface area contributed by atoms with E-state index in [2.05, 4.69) is 22.4 Å². The van der Waals surface area contributed by atoms with Crippen molar-refractivity contribution in [1.82, 2.24) is 20.1 Å². The minimum atomic E-state index is -0.972. The Morgan fingerprint density at radius 1 is 1.11 bits per heavy atom. The van der Waals surface area contributed by atoms with Crippen molar-refractivity contribution in [3.05, 3.63) is 59.3 Å². The van der Waals surface area contributed by atoms with E-state index in [0.29, 0.717) is 57.0 Å². The molecule has 0 saturated carbocycles. The Morgan fingerprint density at radius 3 is 2.37 bits per heavy atom. The van der Waals surface area contributed by atoms with Crippen LogP contribution in [0.1, 0.15) is 43.0 Å². The molecule has 5 rings (SSSR count). The van der Waals surface area contributed by atoms with Gasteiger partial charge in [0, 0.05) is 30.9 Å². The van der Waals surface area contributed by atoms with Crippen molar-refractivity contribution in [3.8, 4) is 5.88 Å². The number of ether oxygens (including phenoxy) is 2. The van der Waals surface area contributed by atoms with E-state index in [-0.39, 0.29) is 29.6 Å². The zero-order chi connectivity index (χ0) is 26.8. The standard InChI is InChI=1S/C29H36N4O5/c1-18(2)14-23-27(34)31-25(22-15-19-6-4-5-7-20(19)16-22)28(35)33(23)26(21-8-9-24(37-3)30-17-21)29(36)32-10-12-38-13-11-32/h4-9,17-18,22-23,25-26H,10-16H2,1-3H3,(H,31,34)/t23-,25-,26-/m1/s1. The normalized spacial score (nSPS) is 22.8. The fraction of sp³-hybridized carbons (Fsp3) is 0.517. The summed E-state index contributed by atoms with van der Waals surface area (Å²) in [5.74, 6) is -0.156. The van der Waals surface area contributed by atoms with Crippen molar-refractivity contribution < 1.29 is 23.9 Å². The summed E-state index contributed by atoms with van der Waals surface area (Å²) in [6, 6.07) is 9.18. The van der Waals surface area contributed by atoms with E-state index in [1.165, 1.54) is 18.2 Å². The summed E-state index contributed by atoms with van der Waals surface area (Å²) >= 11 is 0. The van der Waals surface area contributed by atoms with Gasteiger partial charge in [-0.25, -0.2) is 4.98 Å². The Kier molecular flexibility index (Phi) is 7.65. The second-order valence-electron chi connectivity index (χ2n) is 10.8. The molecular weight excluding hydrogens is 484 g/mol. The van der Waals surface area contributed by atoms with Gasteiger partial charge in [0.05, 0.1) is 20.3 Å². The summed E-state index contributed by atoms with van der Waals surface area (Å²) in [7, 11) is 1.53. The van der Waals surface area contributed by atoms with Crippen LogP contribution < -0.4 is 10.1 Å². The highest BCUT2D eigenvalue weighted by molar-refractivity contribution is 6.00. The van der Waals surface area contributed by atoms with Crippen LogP contribution in [0.25, 0.3) is 0 Å². The van der Waals surface area contributed by atoms with Gasteiger partial charge < -0.3 is 24.6 Å². The minimum absolute atomic E-state index is 0.0699. The van der Waals surface area contributed by atoms with Crippen LogP contribution in [0, 0.1) is 11.8 Å². The number of pyridine rings is 1. The first-order valence-electron chi connectivity index (χ1n) is 13.4. The van der Waals surface area contributed by atoms with Crippen molar-refractivity contribution in [2.45, 2.75) is 51.2 Å². The predicted molar refractivity (Wildman–Crippen MR) is 140 cm³/mol. The first-order valence-corrected chi connectivity index (χ1v) is 13.4. The summed E-state index contributed by atoms with van der Waals surface area (Å²) in [5, 5.41) is 3.06. The maximum atomic E-state index is 14.4. The molecule has 202 valence electrons. The number of nitrogens with one attached hydrogen (secondary N) is 1. The van der Waals surface area contributed by atoms with Gasteiger partial charge in [-0.15, -0.1) is 0 Å². The first-order chi connectivity index (χ1) is 18.4. The molecule has 1 aliphatic carbocycles. The Labute approximate surface area is 223 Å². The summed E-state index contributed by atoms with van der Waals surface area (Å²) in [4.78, 5) is 49.8. The zero-order valence-electron chi connectivity index (χ0n) is 22.3. The highest BCUT2D eigenvalue weighted by Gasteiger charge is 2.50. The monoisotopic (exact) mass is 520 g/mol. The molecule has 2 aliphatic heterocycles. The molecule has 9 heteroatoms. The molecular formula is C29H36N4O5. The number of aromatic nitrogens is 1. The van der Waals surface area contributed by atoms with E-state index in [4.69, 9.17) is 9.47 Å². The van der Waals surface area contributed by atoms with E-state index < -0.39 is 18.1 Å². The molecule has 1 aromatic carbocycles. The van der Waals surface area contributed by atoms with E-state index in [0.717, 1.165) is 0 Å². The summed E-state index contributed by atoms with van der Waals surface area (Å²) in [5.41, 5.74) is 2.97. The van der Waals surface area contributed by atoms with E-state index in [1.54, 1.807) is 28.1 Å². The molecule has 38 heavy (non-hydrogen) atoms. The van der Waals surface area contributed by atoms with E-state index >= 15 is 0 Å². The second-order valence-corrected chi connectivity index (χ2v) is 10.8. The number of methoxy groups -OCH3 is 1.